The Kier molecular flexibility index (Phi) is 7.78. The Labute approximate surface area is 191 Å². The van der Waals surface area contributed by atoms with E-state index in [0.29, 0.717) is 37.7 Å². The van der Waals surface area contributed by atoms with Crippen LogP contribution in [0.2, 0.25) is 0 Å². The molecule has 1 heterocycles. The lowest BCUT2D eigenvalue weighted by Crippen LogP contribution is -2.43. The van der Waals surface area contributed by atoms with E-state index in [1.165, 1.54) is 0 Å². The van der Waals surface area contributed by atoms with E-state index in [1.54, 1.807) is 11.9 Å². The SMILES string of the molecule is CN(CC1CCN(C(=O)c2ccc(COc3ccccc3)cc2)CC1)C(=O)OC(C)(C)C. The molecule has 6 heteroatoms. The molecule has 0 spiro atoms. The number of ether oxygens (including phenoxy) is 2. The van der Waals surface area contributed by atoms with Gasteiger partial charge in [0.25, 0.3) is 5.91 Å². The first-order chi connectivity index (χ1) is 15.2. The summed E-state index contributed by atoms with van der Waals surface area (Å²) in [6.45, 7) is 8.11. The lowest BCUT2D eigenvalue weighted by Gasteiger charge is -2.34. The Hall–Kier alpha value is -3.02. The van der Waals surface area contributed by atoms with Gasteiger partial charge >= 0.3 is 6.09 Å². The molecule has 0 bridgehead atoms. The molecule has 1 aliphatic rings. The molecule has 1 aliphatic heterocycles. The van der Waals surface area contributed by atoms with Crippen LogP contribution in [0.25, 0.3) is 0 Å². The molecule has 0 aliphatic carbocycles. The van der Waals surface area contributed by atoms with Crippen molar-refractivity contribution in [1.82, 2.24) is 9.80 Å². The van der Waals surface area contributed by atoms with Crippen LogP contribution in [-0.2, 0) is 11.3 Å². The van der Waals surface area contributed by atoms with Crippen LogP contribution in [-0.4, -0.2) is 54.1 Å². The Bertz CT molecular complexity index is 882. The van der Waals surface area contributed by atoms with E-state index in [-0.39, 0.29) is 12.0 Å². The van der Waals surface area contributed by atoms with Crippen molar-refractivity contribution in [2.75, 3.05) is 26.7 Å². The number of carbonyl (C=O) groups is 2. The quantitative estimate of drug-likeness (QED) is 0.638. The summed E-state index contributed by atoms with van der Waals surface area (Å²) in [5.41, 5.74) is 1.22. The average Bonchev–Trinajstić information content (AvgIpc) is 2.77. The molecule has 2 aromatic rings. The topological polar surface area (TPSA) is 59.1 Å². The van der Waals surface area contributed by atoms with E-state index in [2.05, 4.69) is 0 Å². The second kappa shape index (κ2) is 10.5. The van der Waals surface area contributed by atoms with E-state index in [1.807, 2.05) is 80.3 Å². The van der Waals surface area contributed by atoms with Crippen molar-refractivity contribution in [3.8, 4) is 5.75 Å². The first-order valence-corrected chi connectivity index (χ1v) is 11.2. The highest BCUT2D eigenvalue weighted by Gasteiger charge is 2.27. The van der Waals surface area contributed by atoms with Crippen LogP contribution >= 0.6 is 0 Å². The van der Waals surface area contributed by atoms with Crippen molar-refractivity contribution in [2.24, 2.45) is 5.92 Å². The fourth-order valence-electron chi connectivity index (χ4n) is 3.73. The highest BCUT2D eigenvalue weighted by Crippen LogP contribution is 2.21. The van der Waals surface area contributed by atoms with Crippen LogP contribution in [0.3, 0.4) is 0 Å². The molecule has 0 atom stereocenters. The Morgan fingerprint density at radius 2 is 1.62 bits per heavy atom. The fraction of sp³-hybridized carbons (Fsp3) is 0.462. The lowest BCUT2D eigenvalue weighted by molar-refractivity contribution is 0.0246. The van der Waals surface area contributed by atoms with Gasteiger partial charge in [-0.2, -0.15) is 0 Å². The van der Waals surface area contributed by atoms with Gasteiger partial charge in [-0.05, 0) is 69.4 Å². The zero-order chi connectivity index (χ0) is 23.1. The zero-order valence-corrected chi connectivity index (χ0v) is 19.5. The summed E-state index contributed by atoms with van der Waals surface area (Å²) >= 11 is 0. The molecule has 0 unspecified atom stereocenters. The van der Waals surface area contributed by atoms with Crippen LogP contribution in [0.15, 0.2) is 54.6 Å². The fourth-order valence-corrected chi connectivity index (χ4v) is 3.73. The van der Waals surface area contributed by atoms with Crippen molar-refractivity contribution >= 4 is 12.0 Å². The van der Waals surface area contributed by atoms with Gasteiger partial charge in [0, 0.05) is 32.2 Å². The summed E-state index contributed by atoms with van der Waals surface area (Å²) in [5, 5.41) is 0. The zero-order valence-electron chi connectivity index (χ0n) is 19.5. The minimum absolute atomic E-state index is 0.0551. The number of rotatable bonds is 6. The number of piperidine rings is 1. The standard InChI is InChI=1S/C26H34N2O4/c1-26(2,3)32-25(30)27(4)18-20-14-16-28(17-15-20)24(29)22-12-10-21(11-13-22)19-31-23-8-6-5-7-9-23/h5-13,20H,14-19H2,1-4H3. The van der Waals surface area contributed by atoms with Gasteiger partial charge in [0.1, 0.15) is 18.0 Å². The van der Waals surface area contributed by atoms with E-state index in [9.17, 15) is 9.59 Å². The Morgan fingerprint density at radius 1 is 1.00 bits per heavy atom. The number of nitrogens with zero attached hydrogens (tertiary/aromatic N) is 2. The monoisotopic (exact) mass is 438 g/mol. The number of carbonyl (C=O) groups excluding carboxylic acids is 2. The number of benzene rings is 2. The summed E-state index contributed by atoms with van der Waals surface area (Å²) in [6, 6.07) is 17.3. The molecular weight excluding hydrogens is 404 g/mol. The van der Waals surface area contributed by atoms with Crippen LogP contribution in [0.5, 0.6) is 5.75 Å². The van der Waals surface area contributed by atoms with Gasteiger partial charge in [0.2, 0.25) is 0 Å². The summed E-state index contributed by atoms with van der Waals surface area (Å²) in [4.78, 5) is 28.6. The van der Waals surface area contributed by atoms with Gasteiger partial charge in [-0.15, -0.1) is 0 Å². The Morgan fingerprint density at radius 3 is 2.22 bits per heavy atom. The van der Waals surface area contributed by atoms with Crippen LogP contribution in [0, 0.1) is 5.92 Å². The van der Waals surface area contributed by atoms with E-state index in [4.69, 9.17) is 9.47 Å². The van der Waals surface area contributed by atoms with Crippen LogP contribution < -0.4 is 4.74 Å². The third-order valence-electron chi connectivity index (χ3n) is 5.49. The van der Waals surface area contributed by atoms with Crippen molar-refractivity contribution in [2.45, 2.75) is 45.8 Å². The molecule has 1 fully saturated rings. The summed E-state index contributed by atoms with van der Waals surface area (Å²) in [6.07, 6.45) is 1.45. The number of hydrogen-bond donors (Lipinski definition) is 0. The highest BCUT2D eigenvalue weighted by atomic mass is 16.6. The van der Waals surface area contributed by atoms with E-state index >= 15 is 0 Å². The van der Waals surface area contributed by atoms with Gasteiger partial charge in [-0.3, -0.25) is 4.79 Å². The highest BCUT2D eigenvalue weighted by molar-refractivity contribution is 5.94. The van der Waals surface area contributed by atoms with Gasteiger partial charge in [0.05, 0.1) is 0 Å². The van der Waals surface area contributed by atoms with Crippen molar-refractivity contribution in [1.29, 1.82) is 0 Å². The summed E-state index contributed by atoms with van der Waals surface area (Å²) in [5.74, 6) is 1.25. The molecule has 0 radical (unpaired) electrons. The second-order valence-corrected chi connectivity index (χ2v) is 9.40. The number of para-hydroxylation sites is 1. The molecule has 32 heavy (non-hydrogen) atoms. The first-order valence-electron chi connectivity index (χ1n) is 11.2. The predicted octanol–water partition coefficient (Wildman–Crippen LogP) is 4.98. The maximum atomic E-state index is 12.9. The third-order valence-corrected chi connectivity index (χ3v) is 5.49. The molecule has 6 nitrogen and oxygen atoms in total. The maximum absolute atomic E-state index is 12.9. The third kappa shape index (κ3) is 7.01. The van der Waals surface area contributed by atoms with Crippen LogP contribution in [0.4, 0.5) is 4.79 Å². The minimum Gasteiger partial charge on any atom is -0.489 e. The molecular formula is C26H34N2O4. The number of likely N-dealkylation sites (tertiary alicyclic amines) is 1. The normalized spacial score (nSPS) is 14.7. The van der Waals surface area contributed by atoms with Crippen molar-refractivity contribution in [3.63, 3.8) is 0 Å². The minimum atomic E-state index is -0.496. The molecule has 0 saturated carbocycles. The summed E-state index contributed by atoms with van der Waals surface area (Å²) in [7, 11) is 1.77. The van der Waals surface area contributed by atoms with Gasteiger partial charge < -0.3 is 19.3 Å². The molecule has 0 N–H and O–H groups in total. The maximum Gasteiger partial charge on any atom is 0.410 e. The largest absolute Gasteiger partial charge is 0.489 e. The molecule has 3 rings (SSSR count). The van der Waals surface area contributed by atoms with Gasteiger partial charge in [0.15, 0.2) is 0 Å². The lowest BCUT2D eigenvalue weighted by atomic mass is 9.96. The smallest absolute Gasteiger partial charge is 0.410 e. The number of amides is 2. The molecule has 0 aromatic heterocycles. The van der Waals surface area contributed by atoms with E-state index in [0.717, 1.165) is 24.2 Å². The first kappa shape index (κ1) is 23.6. The number of hydrogen-bond acceptors (Lipinski definition) is 4. The van der Waals surface area contributed by atoms with Crippen molar-refractivity contribution < 1.29 is 19.1 Å². The average molecular weight is 439 g/mol. The molecule has 172 valence electrons. The van der Waals surface area contributed by atoms with Crippen molar-refractivity contribution in [3.05, 3.63) is 65.7 Å². The molecule has 2 aromatic carbocycles. The Balaban J connectivity index is 1.45. The van der Waals surface area contributed by atoms with E-state index < -0.39 is 5.60 Å². The van der Waals surface area contributed by atoms with Crippen LogP contribution in [0.1, 0.15) is 49.5 Å². The molecule has 1 saturated heterocycles. The van der Waals surface area contributed by atoms with Gasteiger partial charge in [-0.1, -0.05) is 30.3 Å². The predicted molar refractivity (Wildman–Crippen MR) is 125 cm³/mol. The second-order valence-electron chi connectivity index (χ2n) is 9.40. The molecule has 2 amide bonds. The summed E-state index contributed by atoms with van der Waals surface area (Å²) < 4.78 is 11.2. The van der Waals surface area contributed by atoms with Gasteiger partial charge in [-0.25, -0.2) is 4.79 Å².